The van der Waals surface area contributed by atoms with Crippen molar-refractivity contribution in [3.05, 3.63) is 22.4 Å². The summed E-state index contributed by atoms with van der Waals surface area (Å²) >= 11 is 1.86. The van der Waals surface area contributed by atoms with E-state index in [-0.39, 0.29) is 0 Å². The van der Waals surface area contributed by atoms with Gasteiger partial charge < -0.3 is 10.1 Å². The van der Waals surface area contributed by atoms with Crippen LogP contribution in [0.15, 0.2) is 17.5 Å². The highest BCUT2D eigenvalue weighted by Crippen LogP contribution is 2.31. The zero-order valence-corrected chi connectivity index (χ0v) is 13.0. The topological polar surface area (TPSA) is 24.5 Å². The molecule has 0 radical (unpaired) electrons. The molecule has 1 saturated heterocycles. The van der Waals surface area contributed by atoms with Gasteiger partial charge in [0.05, 0.1) is 0 Å². The Kier molecular flexibility index (Phi) is 5.82. The predicted octanol–water partition coefficient (Wildman–Crippen LogP) is 2.59. The minimum atomic E-state index is 0.389. The highest BCUT2D eigenvalue weighted by Gasteiger charge is 2.33. The summed E-state index contributed by atoms with van der Waals surface area (Å²) in [6.45, 7) is 8.56. The zero-order chi connectivity index (χ0) is 13.6. The smallest absolute Gasteiger partial charge is 0.0472 e. The number of ether oxygens (including phenoxy) is 1. The van der Waals surface area contributed by atoms with E-state index in [1.165, 1.54) is 24.3 Å². The third kappa shape index (κ3) is 4.28. The van der Waals surface area contributed by atoms with Crippen LogP contribution in [0.4, 0.5) is 0 Å². The molecule has 1 aliphatic heterocycles. The standard InChI is InChI=1S/C15H26N2OS/c1-3-17(11-14-5-4-10-19-14)13-15(12-16-2)6-8-18-9-7-15/h4-5,10,16H,3,6-9,11-13H2,1-2H3. The molecule has 108 valence electrons. The summed E-state index contributed by atoms with van der Waals surface area (Å²) in [6, 6.07) is 4.38. The molecule has 1 aromatic heterocycles. The second kappa shape index (κ2) is 7.39. The molecule has 2 rings (SSSR count). The molecule has 0 aromatic carbocycles. The van der Waals surface area contributed by atoms with Crippen molar-refractivity contribution in [1.82, 2.24) is 10.2 Å². The second-order valence-corrected chi connectivity index (χ2v) is 6.56. The van der Waals surface area contributed by atoms with Gasteiger partial charge in [-0.05, 0) is 43.3 Å². The Morgan fingerprint density at radius 1 is 1.42 bits per heavy atom. The van der Waals surface area contributed by atoms with E-state index in [1.807, 2.05) is 11.3 Å². The number of hydrogen-bond acceptors (Lipinski definition) is 4. The van der Waals surface area contributed by atoms with Gasteiger partial charge in [0.15, 0.2) is 0 Å². The fourth-order valence-corrected chi connectivity index (χ4v) is 3.69. The van der Waals surface area contributed by atoms with Crippen molar-refractivity contribution >= 4 is 11.3 Å². The van der Waals surface area contributed by atoms with Gasteiger partial charge in [-0.15, -0.1) is 11.3 Å². The molecule has 1 fully saturated rings. The Balaban J connectivity index is 1.97. The van der Waals surface area contributed by atoms with Crippen LogP contribution in [0.1, 0.15) is 24.6 Å². The molecule has 0 amide bonds. The van der Waals surface area contributed by atoms with E-state index >= 15 is 0 Å². The van der Waals surface area contributed by atoms with Crippen LogP contribution >= 0.6 is 11.3 Å². The molecule has 0 spiro atoms. The van der Waals surface area contributed by atoms with Crippen LogP contribution in [-0.2, 0) is 11.3 Å². The number of thiophene rings is 1. The van der Waals surface area contributed by atoms with E-state index in [2.05, 4.69) is 41.7 Å². The summed E-state index contributed by atoms with van der Waals surface area (Å²) in [5.41, 5.74) is 0.389. The molecular weight excluding hydrogens is 256 g/mol. The molecule has 1 N–H and O–H groups in total. The number of rotatable bonds is 7. The number of hydrogen-bond donors (Lipinski definition) is 1. The normalized spacial score (nSPS) is 18.9. The minimum Gasteiger partial charge on any atom is -0.381 e. The molecule has 2 heterocycles. The molecule has 3 nitrogen and oxygen atoms in total. The Bertz CT molecular complexity index is 342. The van der Waals surface area contributed by atoms with E-state index in [9.17, 15) is 0 Å². The van der Waals surface area contributed by atoms with Crippen molar-refractivity contribution in [2.75, 3.05) is 39.9 Å². The van der Waals surface area contributed by atoms with E-state index < -0.39 is 0 Å². The maximum absolute atomic E-state index is 5.55. The number of nitrogens with zero attached hydrogens (tertiary/aromatic N) is 1. The SMILES string of the molecule is CCN(Cc1cccs1)CC1(CNC)CCOCC1. The Hall–Kier alpha value is -0.420. The van der Waals surface area contributed by atoms with Gasteiger partial charge in [-0.2, -0.15) is 0 Å². The lowest BCUT2D eigenvalue weighted by Crippen LogP contribution is -2.46. The van der Waals surface area contributed by atoms with Crippen LogP contribution in [0, 0.1) is 5.41 Å². The fourth-order valence-electron chi connectivity index (χ4n) is 2.95. The third-order valence-corrected chi connectivity index (χ3v) is 4.93. The van der Waals surface area contributed by atoms with Crippen molar-refractivity contribution in [2.45, 2.75) is 26.3 Å². The lowest BCUT2D eigenvalue weighted by molar-refractivity contribution is -0.00392. The van der Waals surface area contributed by atoms with Gasteiger partial charge in [-0.3, -0.25) is 4.90 Å². The largest absolute Gasteiger partial charge is 0.381 e. The van der Waals surface area contributed by atoms with Gasteiger partial charge in [0, 0.05) is 37.7 Å². The van der Waals surface area contributed by atoms with Crippen molar-refractivity contribution in [1.29, 1.82) is 0 Å². The maximum atomic E-state index is 5.55. The number of nitrogens with one attached hydrogen (secondary N) is 1. The van der Waals surface area contributed by atoms with Crippen molar-refractivity contribution in [3.63, 3.8) is 0 Å². The molecule has 4 heteroatoms. The molecule has 0 unspecified atom stereocenters. The van der Waals surface area contributed by atoms with Crippen LogP contribution < -0.4 is 5.32 Å². The predicted molar refractivity (Wildman–Crippen MR) is 81.7 cm³/mol. The molecule has 0 aliphatic carbocycles. The summed E-state index contributed by atoms with van der Waals surface area (Å²) in [5.74, 6) is 0. The molecule has 1 aromatic rings. The molecule has 0 bridgehead atoms. The first-order valence-electron chi connectivity index (χ1n) is 7.25. The lowest BCUT2D eigenvalue weighted by atomic mass is 9.79. The van der Waals surface area contributed by atoms with Crippen LogP contribution in [0.5, 0.6) is 0 Å². The van der Waals surface area contributed by atoms with Gasteiger partial charge in [-0.25, -0.2) is 0 Å². The van der Waals surface area contributed by atoms with Gasteiger partial charge in [-0.1, -0.05) is 13.0 Å². The first-order chi connectivity index (χ1) is 9.28. The maximum Gasteiger partial charge on any atom is 0.0472 e. The van der Waals surface area contributed by atoms with Crippen molar-refractivity contribution in [2.24, 2.45) is 5.41 Å². The van der Waals surface area contributed by atoms with E-state index in [1.54, 1.807) is 0 Å². The summed E-state index contributed by atoms with van der Waals surface area (Å²) in [7, 11) is 2.06. The average Bonchev–Trinajstić information content (AvgIpc) is 2.92. The second-order valence-electron chi connectivity index (χ2n) is 5.53. The van der Waals surface area contributed by atoms with Crippen LogP contribution in [0.25, 0.3) is 0 Å². The highest BCUT2D eigenvalue weighted by molar-refractivity contribution is 7.09. The van der Waals surface area contributed by atoms with E-state index in [4.69, 9.17) is 4.74 Å². The van der Waals surface area contributed by atoms with E-state index in [0.717, 1.165) is 32.8 Å². The van der Waals surface area contributed by atoms with Gasteiger partial charge in [0.2, 0.25) is 0 Å². The molecule has 19 heavy (non-hydrogen) atoms. The third-order valence-electron chi connectivity index (χ3n) is 4.07. The van der Waals surface area contributed by atoms with Crippen molar-refractivity contribution < 1.29 is 4.74 Å². The van der Waals surface area contributed by atoms with Gasteiger partial charge in [0.25, 0.3) is 0 Å². The van der Waals surface area contributed by atoms with Gasteiger partial charge >= 0.3 is 0 Å². The summed E-state index contributed by atoms with van der Waals surface area (Å²) in [5, 5.41) is 5.55. The minimum absolute atomic E-state index is 0.389. The van der Waals surface area contributed by atoms with E-state index in [0.29, 0.717) is 5.41 Å². The van der Waals surface area contributed by atoms with Crippen molar-refractivity contribution in [3.8, 4) is 0 Å². The molecule has 0 saturated carbocycles. The van der Waals surface area contributed by atoms with Crippen LogP contribution in [0.3, 0.4) is 0 Å². The Morgan fingerprint density at radius 2 is 2.21 bits per heavy atom. The Morgan fingerprint density at radius 3 is 2.79 bits per heavy atom. The monoisotopic (exact) mass is 282 g/mol. The first kappa shape index (κ1) is 15.0. The fraction of sp³-hybridized carbons (Fsp3) is 0.733. The summed E-state index contributed by atoms with van der Waals surface area (Å²) in [4.78, 5) is 4.04. The average molecular weight is 282 g/mol. The zero-order valence-electron chi connectivity index (χ0n) is 12.2. The first-order valence-corrected chi connectivity index (χ1v) is 8.13. The lowest BCUT2D eigenvalue weighted by Gasteiger charge is -2.40. The quantitative estimate of drug-likeness (QED) is 0.832. The molecule has 0 atom stereocenters. The van der Waals surface area contributed by atoms with Gasteiger partial charge in [0.1, 0.15) is 0 Å². The summed E-state index contributed by atoms with van der Waals surface area (Å²) in [6.07, 6.45) is 2.35. The molecular formula is C15H26N2OS. The summed E-state index contributed by atoms with van der Waals surface area (Å²) < 4.78 is 5.55. The Labute approximate surface area is 121 Å². The van der Waals surface area contributed by atoms with Crippen LogP contribution in [0.2, 0.25) is 0 Å². The molecule has 1 aliphatic rings. The van der Waals surface area contributed by atoms with Crippen LogP contribution in [-0.4, -0.2) is 44.8 Å². The highest BCUT2D eigenvalue weighted by atomic mass is 32.1.